The summed E-state index contributed by atoms with van der Waals surface area (Å²) in [6, 6.07) is 13.1. The van der Waals surface area contributed by atoms with Gasteiger partial charge in [0.25, 0.3) is 0 Å². The number of rotatable bonds is 4. The molecule has 1 saturated carbocycles. The second kappa shape index (κ2) is 6.93. The van der Waals surface area contributed by atoms with E-state index in [1.807, 2.05) is 0 Å². The van der Waals surface area contributed by atoms with Crippen molar-refractivity contribution in [2.45, 2.75) is 64.1 Å². The predicted molar refractivity (Wildman–Crippen MR) is 89.5 cm³/mol. The third kappa shape index (κ3) is 3.49. The lowest BCUT2D eigenvalue weighted by Crippen LogP contribution is -2.60. The maximum absolute atomic E-state index is 3.80. The maximum Gasteiger partial charge on any atom is 0.0236 e. The molecule has 21 heavy (non-hydrogen) atoms. The average Bonchev–Trinajstić information content (AvgIpc) is 2.94. The van der Waals surface area contributed by atoms with Crippen molar-refractivity contribution < 1.29 is 0 Å². The largest absolute Gasteiger partial charge is 0.311 e. The van der Waals surface area contributed by atoms with Crippen molar-refractivity contribution >= 4 is 0 Å². The average molecular weight is 286 g/mol. The number of hydrogen-bond donors (Lipinski definition) is 1. The molecule has 1 aromatic rings. The third-order valence-electron chi connectivity index (χ3n) is 5.58. The van der Waals surface area contributed by atoms with E-state index in [0.717, 1.165) is 31.0 Å². The topological polar surface area (TPSA) is 15.3 Å². The summed E-state index contributed by atoms with van der Waals surface area (Å²) in [5, 5.41) is 3.80. The molecule has 116 valence electrons. The first-order valence-corrected chi connectivity index (χ1v) is 8.81. The molecule has 1 aliphatic carbocycles. The molecule has 0 amide bonds. The van der Waals surface area contributed by atoms with E-state index >= 15 is 0 Å². The van der Waals surface area contributed by atoms with E-state index in [0.29, 0.717) is 6.04 Å². The Labute approximate surface area is 129 Å². The van der Waals surface area contributed by atoms with Crippen molar-refractivity contribution in [3.8, 4) is 0 Å². The molecule has 1 N–H and O–H groups in total. The van der Waals surface area contributed by atoms with Crippen LogP contribution in [0.5, 0.6) is 0 Å². The van der Waals surface area contributed by atoms with Gasteiger partial charge in [0, 0.05) is 31.2 Å². The lowest BCUT2D eigenvalue weighted by Gasteiger charge is -2.45. The quantitative estimate of drug-likeness (QED) is 0.912. The molecule has 4 unspecified atom stereocenters. The van der Waals surface area contributed by atoms with Crippen LogP contribution in [0.15, 0.2) is 30.3 Å². The minimum absolute atomic E-state index is 0.614. The molecular weight excluding hydrogens is 256 g/mol. The van der Waals surface area contributed by atoms with Gasteiger partial charge in [0.1, 0.15) is 0 Å². The standard InChI is InChI=1S/C19H30N2/c1-3-18-13-20-17(12-16-9-5-4-6-10-16)14-21(18)19-11-7-8-15(19)2/h4-6,9-10,15,17-20H,3,7-8,11-14H2,1-2H3. The van der Waals surface area contributed by atoms with Gasteiger partial charge in [-0.15, -0.1) is 0 Å². The Morgan fingerprint density at radius 1 is 1.19 bits per heavy atom. The Bertz CT molecular complexity index is 430. The van der Waals surface area contributed by atoms with E-state index in [1.54, 1.807) is 0 Å². The number of nitrogens with zero attached hydrogens (tertiary/aromatic N) is 1. The molecule has 2 aliphatic rings. The van der Waals surface area contributed by atoms with E-state index in [2.05, 4.69) is 54.4 Å². The highest BCUT2D eigenvalue weighted by Crippen LogP contribution is 2.32. The molecule has 2 nitrogen and oxygen atoms in total. The Morgan fingerprint density at radius 3 is 2.67 bits per heavy atom. The van der Waals surface area contributed by atoms with Gasteiger partial charge in [-0.1, -0.05) is 50.6 Å². The fourth-order valence-corrected chi connectivity index (χ4v) is 4.33. The zero-order valence-corrected chi connectivity index (χ0v) is 13.6. The van der Waals surface area contributed by atoms with E-state index in [-0.39, 0.29) is 0 Å². The Morgan fingerprint density at radius 2 is 2.00 bits per heavy atom. The second-order valence-electron chi connectivity index (χ2n) is 7.03. The summed E-state index contributed by atoms with van der Waals surface area (Å²) in [6.45, 7) is 7.19. The van der Waals surface area contributed by atoms with Crippen LogP contribution in [0.4, 0.5) is 0 Å². The molecule has 2 fully saturated rings. The summed E-state index contributed by atoms with van der Waals surface area (Å²) in [5.41, 5.74) is 1.46. The highest BCUT2D eigenvalue weighted by atomic mass is 15.3. The minimum Gasteiger partial charge on any atom is -0.311 e. The van der Waals surface area contributed by atoms with Gasteiger partial charge < -0.3 is 5.32 Å². The Kier molecular flexibility index (Phi) is 4.97. The van der Waals surface area contributed by atoms with Crippen LogP contribution >= 0.6 is 0 Å². The van der Waals surface area contributed by atoms with Gasteiger partial charge in [-0.25, -0.2) is 0 Å². The van der Waals surface area contributed by atoms with Crippen molar-refractivity contribution in [1.82, 2.24) is 10.2 Å². The molecule has 1 saturated heterocycles. The van der Waals surface area contributed by atoms with Gasteiger partial charge >= 0.3 is 0 Å². The van der Waals surface area contributed by atoms with Crippen molar-refractivity contribution in [3.05, 3.63) is 35.9 Å². The van der Waals surface area contributed by atoms with Gasteiger partial charge in [-0.05, 0) is 37.2 Å². The number of piperazine rings is 1. The normalized spacial score (nSPS) is 34.2. The molecular formula is C19H30N2. The lowest BCUT2D eigenvalue weighted by atomic mass is 9.95. The third-order valence-corrected chi connectivity index (χ3v) is 5.58. The molecule has 1 heterocycles. The molecule has 0 spiro atoms. The maximum atomic E-state index is 3.80. The number of nitrogens with one attached hydrogen (secondary N) is 1. The first-order valence-electron chi connectivity index (χ1n) is 8.81. The van der Waals surface area contributed by atoms with E-state index in [1.165, 1.54) is 37.8 Å². The first kappa shape index (κ1) is 15.1. The number of benzene rings is 1. The monoisotopic (exact) mass is 286 g/mol. The molecule has 0 aromatic heterocycles. The zero-order chi connectivity index (χ0) is 14.7. The van der Waals surface area contributed by atoms with Crippen molar-refractivity contribution in [2.75, 3.05) is 13.1 Å². The van der Waals surface area contributed by atoms with Crippen LogP contribution < -0.4 is 5.32 Å². The molecule has 1 aromatic carbocycles. The molecule has 1 aliphatic heterocycles. The SMILES string of the molecule is CCC1CNC(Cc2ccccc2)CN1C1CCCC1C. The lowest BCUT2D eigenvalue weighted by molar-refractivity contribution is 0.0632. The van der Waals surface area contributed by atoms with Crippen molar-refractivity contribution in [1.29, 1.82) is 0 Å². The van der Waals surface area contributed by atoms with Gasteiger partial charge in [0.15, 0.2) is 0 Å². The summed E-state index contributed by atoms with van der Waals surface area (Å²) >= 11 is 0. The summed E-state index contributed by atoms with van der Waals surface area (Å²) in [7, 11) is 0. The summed E-state index contributed by atoms with van der Waals surface area (Å²) in [4.78, 5) is 2.85. The summed E-state index contributed by atoms with van der Waals surface area (Å²) < 4.78 is 0. The van der Waals surface area contributed by atoms with E-state index in [9.17, 15) is 0 Å². The van der Waals surface area contributed by atoms with Crippen LogP contribution in [-0.2, 0) is 6.42 Å². The van der Waals surface area contributed by atoms with Crippen molar-refractivity contribution in [3.63, 3.8) is 0 Å². The molecule has 0 bridgehead atoms. The highest BCUT2D eigenvalue weighted by Gasteiger charge is 2.36. The second-order valence-corrected chi connectivity index (χ2v) is 7.03. The van der Waals surface area contributed by atoms with Gasteiger partial charge in [0.2, 0.25) is 0 Å². The van der Waals surface area contributed by atoms with Crippen LogP contribution in [-0.4, -0.2) is 36.1 Å². The molecule has 3 rings (SSSR count). The van der Waals surface area contributed by atoms with Crippen LogP contribution in [0.3, 0.4) is 0 Å². The van der Waals surface area contributed by atoms with E-state index in [4.69, 9.17) is 0 Å². The molecule has 0 radical (unpaired) electrons. The van der Waals surface area contributed by atoms with Crippen LogP contribution in [0.25, 0.3) is 0 Å². The predicted octanol–water partition coefficient (Wildman–Crippen LogP) is 3.47. The summed E-state index contributed by atoms with van der Waals surface area (Å²) in [5.74, 6) is 0.884. The number of hydrogen-bond acceptors (Lipinski definition) is 2. The first-order chi connectivity index (χ1) is 10.3. The molecule has 4 atom stereocenters. The smallest absolute Gasteiger partial charge is 0.0236 e. The Balaban J connectivity index is 1.66. The minimum atomic E-state index is 0.614. The van der Waals surface area contributed by atoms with E-state index < -0.39 is 0 Å². The fourth-order valence-electron chi connectivity index (χ4n) is 4.33. The Hall–Kier alpha value is -0.860. The van der Waals surface area contributed by atoms with Crippen LogP contribution in [0.1, 0.15) is 45.1 Å². The summed E-state index contributed by atoms with van der Waals surface area (Å²) in [6.07, 6.45) is 6.70. The highest BCUT2D eigenvalue weighted by molar-refractivity contribution is 5.16. The van der Waals surface area contributed by atoms with Gasteiger partial charge in [-0.3, -0.25) is 4.90 Å². The van der Waals surface area contributed by atoms with Crippen molar-refractivity contribution in [2.24, 2.45) is 5.92 Å². The van der Waals surface area contributed by atoms with Crippen LogP contribution in [0.2, 0.25) is 0 Å². The van der Waals surface area contributed by atoms with Gasteiger partial charge in [0.05, 0.1) is 0 Å². The zero-order valence-electron chi connectivity index (χ0n) is 13.6. The fraction of sp³-hybridized carbons (Fsp3) is 0.684. The molecule has 2 heteroatoms. The van der Waals surface area contributed by atoms with Gasteiger partial charge in [-0.2, -0.15) is 0 Å². The van der Waals surface area contributed by atoms with Crippen LogP contribution in [0, 0.1) is 5.92 Å².